The first kappa shape index (κ1) is 14.8. The third kappa shape index (κ3) is 2.67. The molecule has 1 aromatic heterocycles. The van der Waals surface area contributed by atoms with Crippen LogP contribution in [0.5, 0.6) is 5.75 Å². The van der Waals surface area contributed by atoms with E-state index >= 15 is 0 Å². The summed E-state index contributed by atoms with van der Waals surface area (Å²) in [6, 6.07) is 2.48. The van der Waals surface area contributed by atoms with Gasteiger partial charge in [-0.1, -0.05) is 12.8 Å². The molecule has 2 fully saturated rings. The van der Waals surface area contributed by atoms with E-state index in [4.69, 9.17) is 4.74 Å². The van der Waals surface area contributed by atoms with E-state index in [0.29, 0.717) is 6.04 Å². The molecular weight excluding hydrogens is 262 g/mol. The lowest BCUT2D eigenvalue weighted by Crippen LogP contribution is -2.53. The van der Waals surface area contributed by atoms with Crippen LogP contribution < -0.4 is 10.1 Å². The Labute approximate surface area is 127 Å². The van der Waals surface area contributed by atoms with Crippen molar-refractivity contribution in [1.82, 2.24) is 15.2 Å². The van der Waals surface area contributed by atoms with E-state index in [1.54, 1.807) is 13.3 Å². The van der Waals surface area contributed by atoms with Gasteiger partial charge in [-0.3, -0.25) is 9.88 Å². The summed E-state index contributed by atoms with van der Waals surface area (Å²) in [6.07, 6.45) is 11.7. The number of ether oxygens (including phenoxy) is 1. The van der Waals surface area contributed by atoms with Crippen LogP contribution in [0.25, 0.3) is 0 Å². The van der Waals surface area contributed by atoms with Gasteiger partial charge in [0.1, 0.15) is 5.75 Å². The molecule has 0 bridgehead atoms. The van der Waals surface area contributed by atoms with Gasteiger partial charge in [-0.15, -0.1) is 0 Å². The molecule has 1 atom stereocenters. The van der Waals surface area contributed by atoms with Gasteiger partial charge in [-0.2, -0.15) is 0 Å². The van der Waals surface area contributed by atoms with Crippen LogP contribution in [0, 0.1) is 0 Å². The highest BCUT2D eigenvalue weighted by Crippen LogP contribution is 2.46. The maximum atomic E-state index is 5.37. The predicted octanol–water partition coefficient (Wildman–Crippen LogP) is 2.76. The molecule has 1 aromatic rings. The van der Waals surface area contributed by atoms with E-state index < -0.39 is 0 Å². The number of hydrogen-bond donors (Lipinski definition) is 1. The van der Waals surface area contributed by atoms with Crippen molar-refractivity contribution in [1.29, 1.82) is 0 Å². The van der Waals surface area contributed by atoms with Crippen LogP contribution in [0.2, 0.25) is 0 Å². The van der Waals surface area contributed by atoms with E-state index in [0.717, 1.165) is 5.75 Å². The largest absolute Gasteiger partial charge is 0.495 e. The third-order valence-corrected chi connectivity index (χ3v) is 5.33. The van der Waals surface area contributed by atoms with Crippen LogP contribution in [-0.4, -0.2) is 42.7 Å². The standard InChI is InChI=1S/C17H27N3O/c1-18-16(14-11-15(21-2)13-19-12-14)17(7-3-4-8-17)20-9-5-6-10-20/h11-13,16,18H,3-10H2,1-2H3. The number of likely N-dealkylation sites (N-methyl/N-ethyl adjacent to an activating group) is 1. The summed E-state index contributed by atoms with van der Waals surface area (Å²) >= 11 is 0. The van der Waals surface area contributed by atoms with Crippen molar-refractivity contribution in [2.45, 2.75) is 50.1 Å². The summed E-state index contributed by atoms with van der Waals surface area (Å²) in [5.74, 6) is 0.849. The quantitative estimate of drug-likeness (QED) is 0.904. The van der Waals surface area contributed by atoms with Crippen LogP contribution in [0.4, 0.5) is 0 Å². The second-order valence-electron chi connectivity index (χ2n) is 6.38. The van der Waals surface area contributed by atoms with Gasteiger partial charge in [-0.05, 0) is 57.5 Å². The Bertz CT molecular complexity index is 465. The number of aromatic nitrogens is 1. The van der Waals surface area contributed by atoms with Crippen LogP contribution in [-0.2, 0) is 0 Å². The van der Waals surface area contributed by atoms with Crippen molar-refractivity contribution in [3.63, 3.8) is 0 Å². The Morgan fingerprint density at radius 1 is 1.19 bits per heavy atom. The predicted molar refractivity (Wildman–Crippen MR) is 84.6 cm³/mol. The molecule has 0 radical (unpaired) electrons. The summed E-state index contributed by atoms with van der Waals surface area (Å²) in [6.45, 7) is 2.49. The molecule has 1 N–H and O–H groups in total. The van der Waals surface area contributed by atoms with Gasteiger partial charge in [0.05, 0.1) is 19.3 Å². The fraction of sp³-hybridized carbons (Fsp3) is 0.706. The molecule has 1 unspecified atom stereocenters. The van der Waals surface area contributed by atoms with E-state index in [2.05, 4.69) is 28.3 Å². The molecular formula is C17H27N3O. The summed E-state index contributed by atoms with van der Waals surface area (Å²) in [5.41, 5.74) is 1.52. The normalized spacial score (nSPS) is 23.3. The number of hydrogen-bond acceptors (Lipinski definition) is 4. The van der Waals surface area contributed by atoms with Crippen molar-refractivity contribution >= 4 is 0 Å². The Kier molecular flexibility index (Phi) is 4.45. The van der Waals surface area contributed by atoms with E-state index in [1.807, 2.05) is 6.20 Å². The smallest absolute Gasteiger partial charge is 0.137 e. The van der Waals surface area contributed by atoms with Crippen molar-refractivity contribution in [2.75, 3.05) is 27.2 Å². The van der Waals surface area contributed by atoms with Gasteiger partial charge < -0.3 is 10.1 Å². The number of likely N-dealkylation sites (tertiary alicyclic amines) is 1. The lowest BCUT2D eigenvalue weighted by Gasteiger charge is -2.45. The maximum Gasteiger partial charge on any atom is 0.137 e. The molecule has 1 saturated carbocycles. The van der Waals surface area contributed by atoms with Gasteiger partial charge in [0.15, 0.2) is 0 Å². The fourth-order valence-electron chi connectivity index (χ4n) is 4.39. The first-order chi connectivity index (χ1) is 10.3. The highest BCUT2D eigenvalue weighted by atomic mass is 16.5. The summed E-state index contributed by atoms with van der Waals surface area (Å²) in [7, 11) is 3.79. The van der Waals surface area contributed by atoms with Crippen molar-refractivity contribution in [3.05, 3.63) is 24.0 Å². The average molecular weight is 289 g/mol. The molecule has 4 nitrogen and oxygen atoms in total. The molecule has 21 heavy (non-hydrogen) atoms. The zero-order valence-electron chi connectivity index (χ0n) is 13.3. The van der Waals surface area contributed by atoms with Gasteiger partial charge >= 0.3 is 0 Å². The van der Waals surface area contributed by atoms with Crippen LogP contribution in [0.3, 0.4) is 0 Å². The van der Waals surface area contributed by atoms with E-state index in [9.17, 15) is 0 Å². The van der Waals surface area contributed by atoms with Gasteiger partial charge in [0.25, 0.3) is 0 Å². The topological polar surface area (TPSA) is 37.4 Å². The minimum Gasteiger partial charge on any atom is -0.495 e. The molecule has 1 aliphatic heterocycles. The zero-order valence-corrected chi connectivity index (χ0v) is 13.3. The molecule has 116 valence electrons. The van der Waals surface area contributed by atoms with Gasteiger partial charge in [-0.25, -0.2) is 0 Å². The first-order valence-corrected chi connectivity index (χ1v) is 8.21. The van der Waals surface area contributed by atoms with Crippen LogP contribution in [0.1, 0.15) is 50.1 Å². The van der Waals surface area contributed by atoms with Crippen molar-refractivity contribution in [3.8, 4) is 5.75 Å². The number of nitrogens with one attached hydrogen (secondary N) is 1. The number of rotatable bonds is 5. The first-order valence-electron chi connectivity index (χ1n) is 8.21. The second-order valence-corrected chi connectivity index (χ2v) is 6.38. The monoisotopic (exact) mass is 289 g/mol. The van der Waals surface area contributed by atoms with E-state index in [1.165, 1.54) is 57.2 Å². The lowest BCUT2D eigenvalue weighted by molar-refractivity contribution is 0.0794. The molecule has 2 aliphatic rings. The molecule has 2 heterocycles. The zero-order chi connectivity index (χ0) is 14.7. The van der Waals surface area contributed by atoms with Gasteiger partial charge in [0, 0.05) is 11.7 Å². The SMILES string of the molecule is CNC(c1cncc(OC)c1)C1(N2CCCC2)CCCC1. The molecule has 3 rings (SSSR count). The molecule has 1 aliphatic carbocycles. The molecule has 0 spiro atoms. The fourth-order valence-corrected chi connectivity index (χ4v) is 4.39. The Morgan fingerprint density at radius 3 is 2.52 bits per heavy atom. The molecule has 4 heteroatoms. The van der Waals surface area contributed by atoms with Crippen LogP contribution in [0.15, 0.2) is 18.5 Å². The summed E-state index contributed by atoms with van der Waals surface area (Å²) < 4.78 is 5.37. The number of nitrogens with zero attached hydrogens (tertiary/aromatic N) is 2. The molecule has 1 saturated heterocycles. The van der Waals surface area contributed by atoms with Crippen molar-refractivity contribution in [2.24, 2.45) is 0 Å². The highest BCUT2D eigenvalue weighted by molar-refractivity contribution is 5.29. The Balaban J connectivity index is 1.94. The summed E-state index contributed by atoms with van der Waals surface area (Å²) in [5, 5.41) is 3.59. The van der Waals surface area contributed by atoms with Crippen LogP contribution >= 0.6 is 0 Å². The average Bonchev–Trinajstić information content (AvgIpc) is 3.20. The minimum atomic E-state index is 0.263. The minimum absolute atomic E-state index is 0.263. The van der Waals surface area contributed by atoms with Gasteiger partial charge in [0.2, 0.25) is 0 Å². The van der Waals surface area contributed by atoms with Crippen molar-refractivity contribution < 1.29 is 4.74 Å². The molecule has 0 aromatic carbocycles. The maximum absolute atomic E-state index is 5.37. The molecule has 0 amide bonds. The lowest BCUT2D eigenvalue weighted by atomic mass is 9.82. The second kappa shape index (κ2) is 6.32. The van der Waals surface area contributed by atoms with E-state index in [-0.39, 0.29) is 5.54 Å². The highest BCUT2D eigenvalue weighted by Gasteiger charge is 2.46. The number of methoxy groups -OCH3 is 1. The summed E-state index contributed by atoms with van der Waals surface area (Å²) in [4.78, 5) is 7.11. The third-order valence-electron chi connectivity index (χ3n) is 5.33. The Morgan fingerprint density at radius 2 is 1.90 bits per heavy atom. The Hall–Kier alpha value is -1.13. The number of pyridine rings is 1.